The number of nitrogens with one attached hydrogen (secondary N) is 3. The Morgan fingerprint density at radius 1 is 1.03 bits per heavy atom. The van der Waals surface area contributed by atoms with Crippen molar-refractivity contribution < 1.29 is 4.39 Å². The topological polar surface area (TPSA) is 103 Å². The molecule has 0 fully saturated rings. The van der Waals surface area contributed by atoms with Crippen LogP contribution in [0.15, 0.2) is 61.2 Å². The Hall–Kier alpha value is -4.57. The largest absolute Gasteiger partial charge is 0.384 e. The van der Waals surface area contributed by atoms with Crippen LogP contribution in [0.1, 0.15) is 0 Å². The summed E-state index contributed by atoms with van der Waals surface area (Å²) in [6.45, 7) is 1.56. The number of nitrogens with zero attached hydrogens (tertiary/aromatic N) is 6. The van der Waals surface area contributed by atoms with E-state index in [1.54, 1.807) is 23.3 Å². The lowest BCUT2D eigenvalue weighted by Crippen LogP contribution is -2.20. The van der Waals surface area contributed by atoms with Gasteiger partial charge in [0.25, 0.3) is 0 Å². The number of aromatic nitrogens is 7. The van der Waals surface area contributed by atoms with E-state index in [9.17, 15) is 4.39 Å². The first-order valence-electron chi connectivity index (χ1n) is 12.0. The number of halogens is 1. The number of likely N-dealkylation sites (N-methyl/N-ethyl adjacent to an activating group) is 1. The average molecular weight is 496 g/mol. The highest BCUT2D eigenvalue weighted by atomic mass is 19.1. The molecule has 0 aliphatic heterocycles. The zero-order valence-electron chi connectivity index (χ0n) is 20.7. The Bertz CT molecular complexity index is 1730. The van der Waals surface area contributed by atoms with Gasteiger partial charge in [-0.1, -0.05) is 0 Å². The maximum Gasteiger partial charge on any atom is 0.135 e. The Kier molecular flexibility index (Phi) is 5.65. The summed E-state index contributed by atoms with van der Waals surface area (Å²) in [5.41, 5.74) is 7.97. The van der Waals surface area contributed by atoms with Crippen LogP contribution < -0.4 is 5.32 Å². The molecule has 0 saturated heterocycles. The smallest absolute Gasteiger partial charge is 0.135 e. The van der Waals surface area contributed by atoms with E-state index in [2.05, 4.69) is 35.5 Å². The minimum Gasteiger partial charge on any atom is -0.384 e. The lowest BCUT2D eigenvalue weighted by Gasteiger charge is -2.13. The van der Waals surface area contributed by atoms with Crippen molar-refractivity contribution in [3.05, 3.63) is 67.0 Å². The summed E-state index contributed by atoms with van der Waals surface area (Å²) in [4.78, 5) is 14.8. The van der Waals surface area contributed by atoms with Crippen molar-refractivity contribution in [3.63, 3.8) is 0 Å². The number of benzene rings is 1. The minimum atomic E-state index is -0.303. The van der Waals surface area contributed by atoms with Gasteiger partial charge in [0.2, 0.25) is 0 Å². The van der Waals surface area contributed by atoms with E-state index in [-0.39, 0.29) is 5.82 Å². The minimum absolute atomic E-state index is 0.303. The van der Waals surface area contributed by atoms with Crippen LogP contribution in [0.25, 0.3) is 55.7 Å². The third-order valence-corrected chi connectivity index (χ3v) is 6.31. The highest BCUT2D eigenvalue weighted by Gasteiger charge is 2.16. The third kappa shape index (κ3) is 4.43. The molecule has 10 heteroatoms. The zero-order chi connectivity index (χ0) is 25.5. The lowest BCUT2D eigenvalue weighted by atomic mass is 10.0. The standard InChI is InChI=1S/C27H26FN9/c1-36(2)7-6-30-19-9-16(8-18(28)10-19)21-13-29-14-25-20(21)11-24(32-25)27-26-23(34-35-27)5-4-22(33-26)17-12-31-37(3)15-17/h4-5,8-15,30,32H,6-7H2,1-3H3,(H,34,35). The van der Waals surface area contributed by atoms with Crippen LogP contribution in [0.5, 0.6) is 0 Å². The number of aryl methyl sites for hydroxylation is 1. The molecule has 0 spiro atoms. The Morgan fingerprint density at radius 2 is 1.92 bits per heavy atom. The monoisotopic (exact) mass is 495 g/mol. The van der Waals surface area contributed by atoms with Gasteiger partial charge in [-0.15, -0.1) is 0 Å². The predicted octanol–water partition coefficient (Wildman–Crippen LogP) is 4.68. The van der Waals surface area contributed by atoms with Gasteiger partial charge in [-0.05, 0) is 56.1 Å². The number of H-pyrrole nitrogens is 2. The maximum absolute atomic E-state index is 14.6. The molecule has 3 N–H and O–H groups in total. The SMILES string of the molecule is CN(C)CCNc1cc(F)cc(-c2cncc3[nH]c(-c4n[nH]c5ccc(-c6cnn(C)c6)nc45)cc23)c1. The fourth-order valence-electron chi connectivity index (χ4n) is 4.48. The van der Waals surface area contributed by atoms with Crippen LogP contribution >= 0.6 is 0 Å². The number of anilines is 1. The van der Waals surface area contributed by atoms with Crippen LogP contribution in [0.3, 0.4) is 0 Å². The van der Waals surface area contributed by atoms with Crippen molar-refractivity contribution in [1.82, 2.24) is 39.8 Å². The number of fused-ring (bicyclic) bond motifs is 2. The van der Waals surface area contributed by atoms with Gasteiger partial charge in [-0.25, -0.2) is 9.37 Å². The molecule has 0 saturated carbocycles. The normalized spacial score (nSPS) is 11.7. The van der Waals surface area contributed by atoms with Gasteiger partial charge in [0.05, 0.1) is 34.8 Å². The molecule has 0 aliphatic rings. The van der Waals surface area contributed by atoms with Gasteiger partial charge in [0.1, 0.15) is 17.0 Å². The Balaban J connectivity index is 1.40. The molecule has 0 amide bonds. The van der Waals surface area contributed by atoms with Crippen molar-refractivity contribution in [3.8, 4) is 33.8 Å². The fourth-order valence-corrected chi connectivity index (χ4v) is 4.48. The molecule has 0 unspecified atom stereocenters. The first kappa shape index (κ1) is 22.9. The highest BCUT2D eigenvalue weighted by molar-refractivity contribution is 6.00. The number of rotatable bonds is 7. The van der Waals surface area contributed by atoms with Crippen LogP contribution in [-0.4, -0.2) is 67.0 Å². The zero-order valence-corrected chi connectivity index (χ0v) is 20.7. The van der Waals surface area contributed by atoms with Crippen LogP contribution in [0, 0.1) is 5.82 Å². The summed E-state index contributed by atoms with van der Waals surface area (Å²) in [5, 5.41) is 16.1. The number of hydrogen-bond donors (Lipinski definition) is 3. The summed E-state index contributed by atoms with van der Waals surface area (Å²) < 4.78 is 16.3. The fraction of sp³-hybridized carbons (Fsp3) is 0.185. The molecular weight excluding hydrogens is 469 g/mol. The molecule has 0 radical (unpaired) electrons. The van der Waals surface area contributed by atoms with E-state index >= 15 is 0 Å². The van der Waals surface area contributed by atoms with Crippen LogP contribution in [-0.2, 0) is 7.05 Å². The van der Waals surface area contributed by atoms with Crippen LogP contribution in [0.4, 0.5) is 10.1 Å². The second kappa shape index (κ2) is 9.14. The Morgan fingerprint density at radius 3 is 2.73 bits per heavy atom. The predicted molar refractivity (Wildman–Crippen MR) is 144 cm³/mol. The molecule has 186 valence electrons. The van der Waals surface area contributed by atoms with E-state index in [1.165, 1.54) is 12.1 Å². The van der Waals surface area contributed by atoms with Gasteiger partial charge in [-0.3, -0.25) is 14.8 Å². The van der Waals surface area contributed by atoms with Gasteiger partial charge < -0.3 is 15.2 Å². The van der Waals surface area contributed by atoms with Crippen LogP contribution in [0.2, 0.25) is 0 Å². The first-order chi connectivity index (χ1) is 17.9. The third-order valence-electron chi connectivity index (χ3n) is 6.31. The molecule has 9 nitrogen and oxygen atoms in total. The lowest BCUT2D eigenvalue weighted by molar-refractivity contribution is 0.425. The molecule has 0 atom stereocenters. The quantitative estimate of drug-likeness (QED) is 0.297. The number of aromatic amines is 2. The molecular formula is C27H26FN9. The van der Waals surface area contributed by atoms with Crippen molar-refractivity contribution in [2.75, 3.05) is 32.5 Å². The van der Waals surface area contributed by atoms with Gasteiger partial charge in [0, 0.05) is 54.7 Å². The first-order valence-corrected chi connectivity index (χ1v) is 12.0. The molecule has 37 heavy (non-hydrogen) atoms. The van der Waals surface area contributed by atoms with Gasteiger partial charge in [0.15, 0.2) is 0 Å². The van der Waals surface area contributed by atoms with Crippen molar-refractivity contribution in [2.24, 2.45) is 7.05 Å². The summed E-state index contributed by atoms with van der Waals surface area (Å²) in [6, 6.07) is 10.9. The van der Waals surface area contributed by atoms with E-state index in [4.69, 9.17) is 4.98 Å². The Labute approximate surface area is 212 Å². The van der Waals surface area contributed by atoms with E-state index in [0.29, 0.717) is 12.2 Å². The highest BCUT2D eigenvalue weighted by Crippen LogP contribution is 2.34. The summed E-state index contributed by atoms with van der Waals surface area (Å²) in [7, 11) is 5.89. The van der Waals surface area contributed by atoms with E-state index < -0.39 is 0 Å². The number of hydrogen-bond acceptors (Lipinski definition) is 6. The summed E-state index contributed by atoms with van der Waals surface area (Å²) in [5.74, 6) is -0.303. The molecule has 1 aromatic carbocycles. The van der Waals surface area contributed by atoms with Gasteiger partial charge in [-0.2, -0.15) is 10.2 Å². The summed E-state index contributed by atoms with van der Waals surface area (Å²) >= 11 is 0. The number of pyridine rings is 2. The molecule has 6 rings (SSSR count). The summed E-state index contributed by atoms with van der Waals surface area (Å²) in [6.07, 6.45) is 7.25. The maximum atomic E-state index is 14.6. The molecule has 6 aromatic rings. The second-order valence-corrected chi connectivity index (χ2v) is 9.36. The van der Waals surface area contributed by atoms with E-state index in [1.807, 2.05) is 51.6 Å². The molecule has 5 heterocycles. The molecule has 5 aromatic heterocycles. The molecule has 0 bridgehead atoms. The average Bonchev–Trinajstić information content (AvgIpc) is 3.60. The van der Waals surface area contributed by atoms with Crippen molar-refractivity contribution >= 4 is 27.6 Å². The molecule has 0 aliphatic carbocycles. The van der Waals surface area contributed by atoms with Crippen molar-refractivity contribution in [2.45, 2.75) is 0 Å². The second-order valence-electron chi connectivity index (χ2n) is 9.36. The van der Waals surface area contributed by atoms with E-state index in [0.717, 1.165) is 62.2 Å². The van der Waals surface area contributed by atoms with Gasteiger partial charge >= 0.3 is 0 Å². The van der Waals surface area contributed by atoms with Crippen molar-refractivity contribution in [1.29, 1.82) is 0 Å².